The predicted octanol–water partition coefficient (Wildman–Crippen LogP) is 4.29. The second kappa shape index (κ2) is 9.36. The molecule has 1 aromatic rings. The van der Waals surface area contributed by atoms with Crippen LogP contribution in [-0.2, 0) is 14.4 Å². The maximum Gasteiger partial charge on any atom is 0.382 e. The zero-order chi connectivity index (χ0) is 20.1. The number of carbonyl (C=O) groups excluding carboxylic acids is 3. The Bertz CT molecular complexity index is 714. The number of rotatable bonds is 7. The zero-order valence-corrected chi connectivity index (χ0v) is 17.7. The van der Waals surface area contributed by atoms with E-state index >= 15 is 0 Å². The third kappa shape index (κ3) is 4.25. The fourth-order valence-corrected chi connectivity index (χ4v) is 5.44. The Morgan fingerprint density at radius 2 is 1.75 bits per heavy atom. The minimum absolute atomic E-state index is 0.0228. The highest BCUT2D eigenvalue weighted by Crippen LogP contribution is 2.40. The number of benzene rings is 1. The van der Waals surface area contributed by atoms with Crippen LogP contribution in [0.25, 0.3) is 0 Å². The van der Waals surface area contributed by atoms with Gasteiger partial charge in [-0.1, -0.05) is 75.6 Å². The highest BCUT2D eigenvalue weighted by atomic mass is 32.1. The topological polar surface area (TPSA) is 51.2 Å². The largest absolute Gasteiger partial charge is 0.382 e. The molecule has 1 saturated heterocycles. The average molecular weight is 403 g/mol. The van der Waals surface area contributed by atoms with E-state index in [1.807, 2.05) is 18.2 Å². The molecule has 5 heteroatoms. The quantitative estimate of drug-likeness (QED) is 0.420. The molecule has 1 amide bonds. The number of nitrogens with zero attached hydrogens (tertiary/aromatic N) is 1. The normalized spacial score (nSPS) is 28.2. The van der Waals surface area contributed by atoms with Gasteiger partial charge in [-0.3, -0.25) is 9.59 Å². The van der Waals surface area contributed by atoms with Crippen molar-refractivity contribution in [3.63, 3.8) is 0 Å². The minimum Gasteiger partial charge on any atom is -0.284 e. The lowest BCUT2D eigenvalue weighted by Gasteiger charge is -2.36. The number of likely N-dealkylation sites (tertiary alicyclic amines) is 1. The molecule has 1 saturated carbocycles. The highest BCUT2D eigenvalue weighted by Gasteiger charge is 2.57. The van der Waals surface area contributed by atoms with Crippen LogP contribution in [0.5, 0.6) is 0 Å². The molecule has 1 aliphatic carbocycles. The number of amides is 1. The fraction of sp³-hybridized carbons (Fsp3) is 0.609. The van der Waals surface area contributed by atoms with Crippen LogP contribution in [-0.4, -0.2) is 40.4 Å². The molecule has 0 radical (unpaired) electrons. The van der Waals surface area contributed by atoms with Crippen molar-refractivity contribution in [1.29, 1.82) is 0 Å². The number of ketones is 1. The summed E-state index contributed by atoms with van der Waals surface area (Å²) < 4.78 is -0.0228. The number of quaternary nitrogens is 1. The molecule has 3 unspecified atom stereocenters. The molecule has 3 atom stereocenters. The van der Waals surface area contributed by atoms with E-state index in [0.717, 1.165) is 50.5 Å². The Morgan fingerprint density at radius 1 is 1.07 bits per heavy atom. The Kier molecular flexibility index (Phi) is 7.10. The van der Waals surface area contributed by atoms with E-state index in [-0.39, 0.29) is 33.1 Å². The molecule has 0 N–H and O–H groups in total. The van der Waals surface area contributed by atoms with Crippen LogP contribution >= 0.6 is 12.6 Å². The number of Topliss-reactive ketones (excluding diaryl/α,β-unsaturated/α-hetero) is 1. The van der Waals surface area contributed by atoms with Crippen molar-refractivity contribution in [2.75, 3.05) is 13.1 Å². The van der Waals surface area contributed by atoms with E-state index in [1.165, 1.54) is 0 Å². The molecule has 152 valence electrons. The van der Waals surface area contributed by atoms with Gasteiger partial charge in [0.1, 0.15) is 0 Å². The predicted molar refractivity (Wildman–Crippen MR) is 113 cm³/mol. The van der Waals surface area contributed by atoms with E-state index in [9.17, 15) is 14.4 Å². The van der Waals surface area contributed by atoms with Crippen LogP contribution in [0.2, 0.25) is 0 Å². The van der Waals surface area contributed by atoms with Gasteiger partial charge in [-0.2, -0.15) is 0 Å². The van der Waals surface area contributed by atoms with Crippen molar-refractivity contribution in [2.45, 2.75) is 70.3 Å². The first-order chi connectivity index (χ1) is 13.5. The molecule has 2 fully saturated rings. The first-order valence-corrected chi connectivity index (χ1v) is 11.2. The summed E-state index contributed by atoms with van der Waals surface area (Å²) in [5.74, 6) is -0.651. The summed E-state index contributed by atoms with van der Waals surface area (Å²) >= 11 is 4.15. The summed E-state index contributed by atoms with van der Waals surface area (Å²) in [6.45, 7) is 3.15. The Morgan fingerprint density at radius 3 is 2.36 bits per heavy atom. The molecule has 1 aliphatic heterocycles. The van der Waals surface area contributed by atoms with Crippen LogP contribution in [0.15, 0.2) is 30.3 Å². The van der Waals surface area contributed by atoms with Gasteiger partial charge in [0.25, 0.3) is 5.78 Å². The molecule has 1 heterocycles. The van der Waals surface area contributed by atoms with Gasteiger partial charge in [0.15, 0.2) is 6.04 Å². The third-order valence-corrected chi connectivity index (χ3v) is 7.01. The van der Waals surface area contributed by atoms with Crippen molar-refractivity contribution in [2.24, 2.45) is 5.92 Å². The molecular weight excluding hydrogens is 370 g/mol. The van der Waals surface area contributed by atoms with Crippen LogP contribution in [0.3, 0.4) is 0 Å². The summed E-state index contributed by atoms with van der Waals surface area (Å²) in [5.41, 5.74) is 1.14. The average Bonchev–Trinajstić information content (AvgIpc) is 3.13. The monoisotopic (exact) mass is 402 g/mol. The Hall–Kier alpha value is -1.46. The van der Waals surface area contributed by atoms with Gasteiger partial charge in [-0.05, 0) is 24.8 Å². The summed E-state index contributed by atoms with van der Waals surface area (Å²) in [4.78, 5) is 39.3. The van der Waals surface area contributed by atoms with E-state index in [2.05, 4.69) is 31.7 Å². The van der Waals surface area contributed by atoms with Crippen molar-refractivity contribution in [3.05, 3.63) is 35.9 Å². The van der Waals surface area contributed by atoms with Gasteiger partial charge < -0.3 is 0 Å². The standard InChI is InChI=1S/C23H31NO3S/c1-2-3-14-24(22(26)21(25)18-12-8-5-9-13-18)16-19(15-20(24)23(27)28)17-10-6-4-7-11-17/h4,6-7,10-11,18-20H,2-3,5,8-9,12-16H2,1H3/p+1. The van der Waals surface area contributed by atoms with Gasteiger partial charge in [-0.25, -0.2) is 9.28 Å². The van der Waals surface area contributed by atoms with E-state index in [1.54, 1.807) is 0 Å². The van der Waals surface area contributed by atoms with Crippen molar-refractivity contribution in [1.82, 2.24) is 0 Å². The fourth-order valence-electron chi connectivity index (χ4n) is 5.12. The summed E-state index contributed by atoms with van der Waals surface area (Å²) in [6.07, 6.45) is 7.11. The van der Waals surface area contributed by atoms with Gasteiger partial charge in [0.05, 0.1) is 13.1 Å². The summed E-state index contributed by atoms with van der Waals surface area (Å²) in [6, 6.07) is 9.52. The minimum atomic E-state index is -0.528. The summed E-state index contributed by atoms with van der Waals surface area (Å²) in [5, 5.41) is -0.265. The lowest BCUT2D eigenvalue weighted by Crippen LogP contribution is -2.61. The Labute approximate surface area is 173 Å². The number of hydrogen-bond donors (Lipinski definition) is 1. The maximum atomic E-state index is 13.6. The maximum absolute atomic E-state index is 13.6. The molecule has 0 spiro atoms. The van der Waals surface area contributed by atoms with E-state index < -0.39 is 6.04 Å². The first kappa shape index (κ1) is 21.3. The summed E-state index contributed by atoms with van der Waals surface area (Å²) in [7, 11) is 0. The van der Waals surface area contributed by atoms with Crippen LogP contribution < -0.4 is 0 Å². The smallest absolute Gasteiger partial charge is 0.284 e. The highest BCUT2D eigenvalue weighted by molar-refractivity contribution is 7.96. The second-order valence-corrected chi connectivity index (χ2v) is 8.94. The number of thiol groups is 1. The number of carbonyl (C=O) groups is 3. The van der Waals surface area contributed by atoms with Crippen molar-refractivity contribution >= 4 is 29.4 Å². The first-order valence-electron chi connectivity index (χ1n) is 10.7. The number of hydrogen-bond acceptors (Lipinski definition) is 3. The lowest BCUT2D eigenvalue weighted by molar-refractivity contribution is -0.854. The molecule has 4 nitrogen and oxygen atoms in total. The van der Waals surface area contributed by atoms with Gasteiger partial charge in [0, 0.05) is 18.3 Å². The second-order valence-electron chi connectivity index (χ2n) is 8.50. The number of unbranched alkanes of at least 4 members (excludes halogenated alkanes) is 1. The van der Waals surface area contributed by atoms with Crippen molar-refractivity contribution in [3.8, 4) is 0 Å². The van der Waals surface area contributed by atoms with E-state index in [0.29, 0.717) is 19.5 Å². The van der Waals surface area contributed by atoms with Gasteiger partial charge in [0.2, 0.25) is 5.12 Å². The Balaban J connectivity index is 1.93. The molecule has 28 heavy (non-hydrogen) atoms. The van der Waals surface area contributed by atoms with E-state index in [4.69, 9.17) is 0 Å². The van der Waals surface area contributed by atoms with Crippen molar-refractivity contribution < 1.29 is 18.9 Å². The van der Waals surface area contributed by atoms with Crippen LogP contribution in [0.4, 0.5) is 0 Å². The molecule has 0 aromatic heterocycles. The SMILES string of the molecule is CCCC[N+]1(C(=O)C(=O)C2CCCCC2)CC(c2ccccc2)CC1C(=O)S. The molecule has 3 rings (SSSR count). The molecule has 0 bridgehead atoms. The molecule has 1 aromatic carbocycles. The van der Waals surface area contributed by atoms with Gasteiger partial charge >= 0.3 is 5.91 Å². The van der Waals surface area contributed by atoms with Crippen LogP contribution in [0, 0.1) is 5.92 Å². The molecular formula is C23H32NO3S+. The van der Waals surface area contributed by atoms with Gasteiger partial charge in [-0.15, -0.1) is 0 Å². The third-order valence-electron chi connectivity index (χ3n) is 6.71. The molecule has 2 aliphatic rings. The van der Waals surface area contributed by atoms with Crippen LogP contribution in [0.1, 0.15) is 69.8 Å². The zero-order valence-electron chi connectivity index (χ0n) is 16.8. The lowest BCUT2D eigenvalue weighted by atomic mass is 9.85.